The second kappa shape index (κ2) is 5.43. The first kappa shape index (κ1) is 14.3. The van der Waals surface area contributed by atoms with Gasteiger partial charge in [0.2, 0.25) is 0 Å². The number of rotatable bonds is 3. The summed E-state index contributed by atoms with van der Waals surface area (Å²) in [6.07, 6.45) is -0.989. The summed E-state index contributed by atoms with van der Waals surface area (Å²) in [5.41, 5.74) is -0.774. The van der Waals surface area contributed by atoms with Gasteiger partial charge in [-0.2, -0.15) is 0 Å². The lowest BCUT2D eigenvalue weighted by Gasteiger charge is -2.31. The lowest BCUT2D eigenvalue weighted by molar-refractivity contribution is 0.0305. The third-order valence-electron chi connectivity index (χ3n) is 1.40. The first-order valence-corrected chi connectivity index (χ1v) is 5.44. The lowest BCUT2D eigenvalue weighted by Crippen LogP contribution is -2.44. The van der Waals surface area contributed by atoms with Crippen LogP contribution in [0.15, 0.2) is 0 Å². The molecule has 0 saturated heterocycles. The van der Waals surface area contributed by atoms with Crippen molar-refractivity contribution in [2.24, 2.45) is 0 Å². The van der Waals surface area contributed by atoms with Gasteiger partial charge in [0.25, 0.3) is 0 Å². The van der Waals surface area contributed by atoms with E-state index in [1.54, 1.807) is 20.8 Å². The predicted octanol–water partition coefficient (Wildman–Crippen LogP) is 0.398. The van der Waals surface area contributed by atoms with Gasteiger partial charge in [0, 0.05) is 0 Å². The topological polar surface area (TPSA) is 89.9 Å². The highest BCUT2D eigenvalue weighted by Crippen LogP contribution is 2.12. The number of nitrogens with zero attached hydrogens (tertiary/aromatic N) is 1. The molecule has 6 nitrogen and oxygen atoms in total. The molecule has 0 aliphatic rings. The maximum Gasteiger partial charge on any atom is 0.421 e. The molecule has 0 saturated carbocycles. The molecule has 0 rings (SSSR count). The molecule has 0 aliphatic carbocycles. The molecule has 0 aromatic carbocycles. The number of aliphatic hydroxyl groups excluding tert-OH is 1. The van der Waals surface area contributed by atoms with Gasteiger partial charge in [-0.3, -0.25) is 4.21 Å². The first-order valence-electron chi connectivity index (χ1n) is 4.41. The van der Waals surface area contributed by atoms with Gasteiger partial charge in [-0.1, -0.05) is 0 Å². The van der Waals surface area contributed by atoms with E-state index in [4.69, 9.17) is 9.84 Å². The Kier molecular flexibility index (Phi) is 5.19. The van der Waals surface area contributed by atoms with Gasteiger partial charge in [0.15, 0.2) is 0 Å². The number of carbonyl (C=O) groups is 1. The number of hydrogen-bond acceptors (Lipinski definition) is 5. The summed E-state index contributed by atoms with van der Waals surface area (Å²) in [6, 6.07) is -0.835. The van der Waals surface area contributed by atoms with Gasteiger partial charge < -0.3 is 14.4 Å². The van der Waals surface area contributed by atoms with Crippen LogP contribution < -0.4 is 0 Å². The molecule has 2 atom stereocenters. The second-order valence-corrected chi connectivity index (χ2v) is 4.88. The van der Waals surface area contributed by atoms with Crippen molar-refractivity contribution in [3.63, 3.8) is 0 Å². The van der Waals surface area contributed by atoms with Crippen LogP contribution in [0.4, 0.5) is 4.79 Å². The van der Waals surface area contributed by atoms with Crippen molar-refractivity contribution in [1.29, 1.82) is 0 Å². The Morgan fingerprint density at radius 2 is 2.07 bits per heavy atom. The zero-order valence-electron chi connectivity index (χ0n) is 9.22. The molecule has 0 aromatic rings. The molecule has 7 heteroatoms. The van der Waals surface area contributed by atoms with Crippen molar-refractivity contribution in [3.8, 4) is 0 Å². The van der Waals surface area contributed by atoms with Crippen molar-refractivity contribution in [1.82, 2.24) is 4.31 Å². The van der Waals surface area contributed by atoms with Crippen LogP contribution in [0.3, 0.4) is 0 Å². The van der Waals surface area contributed by atoms with Gasteiger partial charge in [-0.05, 0) is 27.7 Å². The van der Waals surface area contributed by atoms with E-state index in [2.05, 4.69) is 0 Å². The molecule has 15 heavy (non-hydrogen) atoms. The number of ether oxygens (including phenoxy) is 1. The van der Waals surface area contributed by atoms with Crippen molar-refractivity contribution < 1.29 is 23.4 Å². The predicted molar refractivity (Wildman–Crippen MR) is 53.5 cm³/mol. The second-order valence-electron chi connectivity index (χ2n) is 4.05. The molecule has 0 heterocycles. The molecule has 0 fully saturated rings. The van der Waals surface area contributed by atoms with Crippen LogP contribution in [0.1, 0.15) is 27.7 Å². The highest BCUT2D eigenvalue weighted by molar-refractivity contribution is 7.77. The minimum absolute atomic E-state index is 0.451. The summed E-state index contributed by atoms with van der Waals surface area (Å²) in [7, 11) is 0. The summed E-state index contributed by atoms with van der Waals surface area (Å²) >= 11 is -2.75. The molecule has 0 bridgehead atoms. The third-order valence-corrected chi connectivity index (χ3v) is 2.23. The van der Waals surface area contributed by atoms with Crippen LogP contribution in [0.25, 0.3) is 0 Å². The number of carbonyl (C=O) groups excluding carboxylic acids is 1. The molecule has 0 radical (unpaired) electrons. The minimum Gasteiger partial charge on any atom is -0.755 e. The number of amides is 1. The van der Waals surface area contributed by atoms with E-state index in [1.165, 1.54) is 6.92 Å². The van der Waals surface area contributed by atoms with Gasteiger partial charge >= 0.3 is 6.09 Å². The Morgan fingerprint density at radius 1 is 1.60 bits per heavy atom. The van der Waals surface area contributed by atoms with E-state index in [9.17, 15) is 13.6 Å². The maximum absolute atomic E-state index is 11.4. The Labute approximate surface area is 91.6 Å². The van der Waals surface area contributed by atoms with E-state index in [0.717, 1.165) is 0 Å². The Hall–Kier alpha value is -0.660. The summed E-state index contributed by atoms with van der Waals surface area (Å²) in [6.45, 7) is 5.83. The number of aliphatic hydroxyl groups is 1. The van der Waals surface area contributed by atoms with Crippen molar-refractivity contribution >= 4 is 17.4 Å². The minimum atomic E-state index is -2.75. The summed E-state index contributed by atoms with van der Waals surface area (Å²) in [4.78, 5) is 11.4. The highest BCUT2D eigenvalue weighted by Gasteiger charge is 2.26. The lowest BCUT2D eigenvalue weighted by atomic mass is 10.2. The fraction of sp³-hybridized carbons (Fsp3) is 0.875. The Balaban J connectivity index is 4.65. The van der Waals surface area contributed by atoms with Gasteiger partial charge in [0.1, 0.15) is 5.60 Å². The zero-order valence-corrected chi connectivity index (χ0v) is 10.0. The van der Waals surface area contributed by atoms with Crippen LogP contribution >= 0.6 is 0 Å². The van der Waals surface area contributed by atoms with Crippen molar-refractivity contribution in [2.75, 3.05) is 6.61 Å². The van der Waals surface area contributed by atoms with Crippen LogP contribution in [0.2, 0.25) is 0 Å². The average Bonchev–Trinajstić information content (AvgIpc) is 1.99. The summed E-state index contributed by atoms with van der Waals surface area (Å²) in [5.74, 6) is 0. The van der Waals surface area contributed by atoms with E-state index in [0.29, 0.717) is 4.31 Å². The van der Waals surface area contributed by atoms with Crippen LogP contribution in [-0.4, -0.2) is 42.5 Å². The Morgan fingerprint density at radius 3 is 2.33 bits per heavy atom. The average molecular weight is 238 g/mol. The van der Waals surface area contributed by atoms with E-state index >= 15 is 0 Å². The van der Waals surface area contributed by atoms with Crippen LogP contribution in [0, 0.1) is 0 Å². The van der Waals surface area contributed by atoms with Crippen LogP contribution in [0.5, 0.6) is 0 Å². The van der Waals surface area contributed by atoms with Crippen molar-refractivity contribution in [3.05, 3.63) is 0 Å². The van der Waals surface area contributed by atoms with Gasteiger partial charge in [-0.25, -0.2) is 9.10 Å². The SMILES string of the molecule is C[C@@H](CO)N(C(=O)OC(C)(C)C)S(=O)[O-]. The molecule has 0 aromatic heterocycles. The summed E-state index contributed by atoms with van der Waals surface area (Å²) < 4.78 is 26.8. The highest BCUT2D eigenvalue weighted by atomic mass is 32.2. The molecular formula is C8H16NO5S-. The molecule has 0 aliphatic heterocycles. The largest absolute Gasteiger partial charge is 0.755 e. The third kappa shape index (κ3) is 5.10. The fourth-order valence-electron chi connectivity index (χ4n) is 0.769. The normalized spacial score (nSPS) is 15.6. The van der Waals surface area contributed by atoms with E-state index in [1.807, 2.05) is 0 Å². The molecular weight excluding hydrogens is 222 g/mol. The molecule has 1 amide bonds. The molecule has 90 valence electrons. The summed E-state index contributed by atoms with van der Waals surface area (Å²) in [5, 5.41) is 8.78. The van der Waals surface area contributed by atoms with Gasteiger partial charge in [-0.15, -0.1) is 0 Å². The fourth-order valence-corrected chi connectivity index (χ4v) is 1.29. The van der Waals surface area contributed by atoms with Crippen LogP contribution in [-0.2, 0) is 16.0 Å². The molecule has 1 unspecified atom stereocenters. The Bertz CT molecular complexity index is 250. The monoisotopic (exact) mass is 238 g/mol. The quantitative estimate of drug-likeness (QED) is 0.719. The number of hydrogen-bond donors (Lipinski definition) is 1. The maximum atomic E-state index is 11.4. The van der Waals surface area contributed by atoms with E-state index in [-0.39, 0.29) is 0 Å². The van der Waals surface area contributed by atoms with Crippen molar-refractivity contribution in [2.45, 2.75) is 39.3 Å². The molecule has 1 N–H and O–H groups in total. The zero-order chi connectivity index (χ0) is 12.2. The van der Waals surface area contributed by atoms with Gasteiger partial charge in [0.05, 0.1) is 23.9 Å². The molecule has 0 spiro atoms. The first-order chi connectivity index (χ1) is 6.69. The van der Waals surface area contributed by atoms with E-state index < -0.39 is 35.6 Å². The standard InChI is InChI=1S/C8H17NO5S/c1-6(5-10)9(15(12)13)7(11)14-8(2,3)4/h6,10H,5H2,1-4H3,(H,12,13)/p-1/t6-/m0/s1. The smallest absolute Gasteiger partial charge is 0.421 e.